The van der Waals surface area contributed by atoms with Crippen LogP contribution in [-0.2, 0) is 53.1 Å². The molecule has 3 aromatic rings. The maximum atomic E-state index is 12.6. The molecule has 0 bridgehead atoms. The van der Waals surface area contributed by atoms with Crippen molar-refractivity contribution in [1.82, 2.24) is 15.0 Å². The summed E-state index contributed by atoms with van der Waals surface area (Å²) >= 11 is 0. The molecule has 0 radical (unpaired) electrons. The Kier molecular flexibility index (Phi) is 28.6. The van der Waals surface area contributed by atoms with Gasteiger partial charge in [0.1, 0.15) is 0 Å². The number of pyridine rings is 3. The van der Waals surface area contributed by atoms with E-state index in [1.807, 2.05) is 179 Å². The van der Waals surface area contributed by atoms with E-state index in [1.165, 1.54) is 0 Å². The summed E-state index contributed by atoms with van der Waals surface area (Å²) in [6.07, 6.45) is 10.5. The van der Waals surface area contributed by atoms with Gasteiger partial charge in [-0.05, 0) is 161 Å². The van der Waals surface area contributed by atoms with Crippen LogP contribution in [0.3, 0.4) is 0 Å². The molecule has 0 aliphatic carbocycles. The molecule has 3 rings (SSSR count). The van der Waals surface area contributed by atoms with Crippen LogP contribution < -0.4 is 9.59 Å². The summed E-state index contributed by atoms with van der Waals surface area (Å²) in [5, 5.41) is 0. The van der Waals surface area contributed by atoms with E-state index in [0.29, 0.717) is 0 Å². The molecule has 0 amide bonds. The van der Waals surface area contributed by atoms with E-state index in [9.17, 15) is 9.59 Å². The van der Waals surface area contributed by atoms with Gasteiger partial charge in [-0.3, -0.25) is 15.0 Å². The summed E-state index contributed by atoms with van der Waals surface area (Å²) in [6, 6.07) is 17.1. The van der Waals surface area contributed by atoms with Crippen LogP contribution >= 0.6 is 0 Å². The van der Waals surface area contributed by atoms with Crippen LogP contribution in [0.4, 0.5) is 0 Å². The average molecular weight is 964 g/mol. The van der Waals surface area contributed by atoms with E-state index in [2.05, 4.69) is 15.0 Å². The number of hydrogen-bond acceptors (Lipinski definition) is 11. The Labute approximate surface area is 344 Å². The Hall–Kier alpha value is -1.79. The largest absolute Gasteiger partial charge is 2.00 e. The fraction of sp³-hybridized carbons (Fsp3) is 0.615. The Morgan fingerprint density at radius 3 is 0.500 bits per heavy atom. The number of aromatic nitrogens is 3. The van der Waals surface area contributed by atoms with Crippen LogP contribution in [0.2, 0.25) is 0 Å². The second kappa shape index (κ2) is 26.2. The molecule has 312 valence electrons. The topological polar surface area (TPSA) is 169 Å². The van der Waals surface area contributed by atoms with E-state index in [1.54, 1.807) is 37.2 Å². The monoisotopic (exact) mass is 963 g/mol. The zero-order valence-corrected chi connectivity index (χ0v) is 41.0. The van der Waals surface area contributed by atoms with Gasteiger partial charge in [-0.1, -0.05) is 18.2 Å². The molecule has 0 N–H and O–H groups in total. The van der Waals surface area contributed by atoms with Crippen molar-refractivity contribution in [2.75, 3.05) is 0 Å². The van der Waals surface area contributed by atoms with Gasteiger partial charge in [0.15, 0.2) is 0 Å². The van der Waals surface area contributed by atoms with Crippen molar-refractivity contribution in [3.8, 4) is 0 Å². The Morgan fingerprint density at radius 1 is 0.315 bits per heavy atom. The Balaban J connectivity index is -0.000000310. The third-order valence-corrected chi connectivity index (χ3v) is 9.46. The molecule has 0 spiro atoms. The van der Waals surface area contributed by atoms with E-state index in [4.69, 9.17) is 26.6 Å². The van der Waals surface area contributed by atoms with Gasteiger partial charge in [0.25, 0.3) is 0 Å². The van der Waals surface area contributed by atoms with Gasteiger partial charge in [0, 0.05) is 58.2 Å². The van der Waals surface area contributed by atoms with Crippen LogP contribution in [0.5, 0.6) is 0 Å². The SMILES string of the molecule is CC(C)(C)O[Si]([O-])(OC(C)(C)C)OC(C)(C)C.CC(C)(C)O[Si]([O-])(OC(C)(C)C)OC(C)(C)C.[O-2].[W].c1ccncc1.c1ccncc1.c1ccncc1. The molecule has 0 saturated heterocycles. The van der Waals surface area contributed by atoms with Crippen LogP contribution in [0.1, 0.15) is 125 Å². The average Bonchev–Trinajstić information content (AvgIpc) is 2.90. The Bertz CT molecular complexity index is 987. The van der Waals surface area contributed by atoms with Crippen molar-refractivity contribution in [2.45, 2.75) is 158 Å². The molecular weight excluding hydrogens is 894 g/mol. The summed E-state index contributed by atoms with van der Waals surface area (Å²) < 4.78 is 33.1. The molecule has 12 nitrogen and oxygen atoms in total. The summed E-state index contributed by atoms with van der Waals surface area (Å²) in [4.78, 5) is 36.6. The van der Waals surface area contributed by atoms with Crippen molar-refractivity contribution >= 4 is 18.1 Å². The van der Waals surface area contributed by atoms with E-state index in [-0.39, 0.29) is 26.5 Å². The quantitative estimate of drug-likeness (QED) is 0.223. The smallest absolute Gasteiger partial charge is 0.414 e. The fourth-order valence-corrected chi connectivity index (χ4v) is 8.06. The first kappa shape index (κ1) is 58.9. The molecule has 3 aromatic heterocycles. The van der Waals surface area contributed by atoms with Crippen LogP contribution in [0.15, 0.2) is 91.8 Å². The number of rotatable bonds is 6. The predicted octanol–water partition coefficient (Wildman–Crippen LogP) is 7.58. The van der Waals surface area contributed by atoms with E-state index in [0.717, 1.165) is 0 Å². The number of nitrogens with zero attached hydrogens (tertiary/aromatic N) is 3. The first-order valence-electron chi connectivity index (χ1n) is 17.4. The van der Waals surface area contributed by atoms with Crippen molar-refractivity contribution in [1.29, 1.82) is 0 Å². The molecule has 54 heavy (non-hydrogen) atoms. The fourth-order valence-electron chi connectivity index (χ4n) is 3.31. The first-order valence-corrected chi connectivity index (χ1v) is 20.7. The zero-order valence-electron chi connectivity index (χ0n) is 36.1. The molecule has 3 heterocycles. The van der Waals surface area contributed by atoms with Crippen LogP contribution in [-0.4, -0.2) is 66.7 Å². The van der Waals surface area contributed by atoms with Gasteiger partial charge in [-0.25, -0.2) is 0 Å². The van der Waals surface area contributed by atoms with Gasteiger partial charge >= 0.3 is 18.1 Å². The first-order chi connectivity index (χ1) is 23.2. The van der Waals surface area contributed by atoms with Crippen LogP contribution in [0.25, 0.3) is 0 Å². The van der Waals surface area contributed by atoms with Crippen molar-refractivity contribution in [3.05, 3.63) is 91.8 Å². The van der Waals surface area contributed by atoms with E-state index < -0.39 is 51.7 Å². The molecular formula is C39H69N3O9Si2W-4. The maximum absolute atomic E-state index is 12.6. The summed E-state index contributed by atoms with van der Waals surface area (Å²) in [5.41, 5.74) is -3.47. The summed E-state index contributed by atoms with van der Waals surface area (Å²) in [6.45, 7) is 32.8. The third-order valence-electron chi connectivity index (χ3n) is 4.29. The molecule has 15 heteroatoms. The molecule has 0 fully saturated rings. The molecule has 0 unspecified atom stereocenters. The predicted molar refractivity (Wildman–Crippen MR) is 210 cm³/mol. The molecule has 0 aliphatic rings. The van der Waals surface area contributed by atoms with Gasteiger partial charge in [0.2, 0.25) is 0 Å². The number of hydrogen-bond donors (Lipinski definition) is 0. The second-order valence-electron chi connectivity index (χ2n) is 17.4. The minimum atomic E-state index is -3.91. The minimum absolute atomic E-state index is 0. The molecule has 0 aromatic carbocycles. The van der Waals surface area contributed by atoms with Crippen molar-refractivity contribution < 1.29 is 62.7 Å². The molecule has 0 saturated carbocycles. The Morgan fingerprint density at radius 2 is 0.444 bits per heavy atom. The third kappa shape index (κ3) is 44.6. The minimum Gasteiger partial charge on any atom is -2.00 e. The molecule has 0 aliphatic heterocycles. The van der Waals surface area contributed by atoms with Gasteiger partial charge < -0.3 is 41.6 Å². The van der Waals surface area contributed by atoms with Gasteiger partial charge in [-0.15, -0.1) is 0 Å². The van der Waals surface area contributed by atoms with Gasteiger partial charge in [0.05, 0.1) is 33.6 Å². The maximum Gasteiger partial charge on any atom is 0.414 e. The summed E-state index contributed by atoms with van der Waals surface area (Å²) in [7, 11) is -7.81. The van der Waals surface area contributed by atoms with Crippen LogP contribution in [0, 0.1) is 0 Å². The normalized spacial score (nSPS) is 12.2. The summed E-state index contributed by atoms with van der Waals surface area (Å²) in [5.74, 6) is 0. The standard InChI is InChI=1S/2C12H27O4Si.3C5H5N.O.W/c2*1-10(2,3)14-17(13,15-11(4,5)6)16-12(7,8)9;3*1-2-4-6-5-3-1;;/h2*1-9H3;3*1-5H;;/q2*-1;;;;-2;. The molecule has 0 atom stereocenters. The second-order valence-corrected chi connectivity index (χ2v) is 20.6. The van der Waals surface area contributed by atoms with Crippen molar-refractivity contribution in [2.24, 2.45) is 0 Å². The van der Waals surface area contributed by atoms with E-state index >= 15 is 0 Å². The van der Waals surface area contributed by atoms with Crippen molar-refractivity contribution in [3.63, 3.8) is 0 Å². The van der Waals surface area contributed by atoms with Gasteiger partial charge in [-0.2, -0.15) is 0 Å². The zero-order chi connectivity index (χ0) is 41.0.